The molecule has 0 bridgehead atoms. The van der Waals surface area contributed by atoms with Crippen LogP contribution in [-0.2, 0) is 0 Å². The van der Waals surface area contributed by atoms with Gasteiger partial charge in [-0.2, -0.15) is 0 Å². The molecule has 1 fully saturated rings. The molecule has 180 valence electrons. The summed E-state index contributed by atoms with van der Waals surface area (Å²) in [5, 5.41) is 3.76. The maximum atomic E-state index is 13.3. The molecule has 1 N–H and O–H groups in total. The SMILES string of the molecule is COc1cc(C2Nc3ccc(C(=O)N4CCCCCC4)cc3C3C=CCC32)cc(OC)c1OC. The van der Waals surface area contributed by atoms with Crippen molar-refractivity contribution in [1.82, 2.24) is 4.90 Å². The highest BCUT2D eigenvalue weighted by molar-refractivity contribution is 5.95. The van der Waals surface area contributed by atoms with Crippen LogP contribution in [0.2, 0.25) is 0 Å². The van der Waals surface area contributed by atoms with Crippen molar-refractivity contribution in [3.63, 3.8) is 0 Å². The molecule has 0 spiro atoms. The summed E-state index contributed by atoms with van der Waals surface area (Å²) in [7, 11) is 4.91. The van der Waals surface area contributed by atoms with Crippen LogP contribution in [-0.4, -0.2) is 45.2 Å². The minimum atomic E-state index is 0.0911. The summed E-state index contributed by atoms with van der Waals surface area (Å²) in [5.41, 5.74) is 4.19. The number of rotatable bonds is 5. The maximum absolute atomic E-state index is 13.3. The van der Waals surface area contributed by atoms with Crippen LogP contribution in [0.1, 0.15) is 65.5 Å². The number of methoxy groups -OCH3 is 3. The summed E-state index contributed by atoms with van der Waals surface area (Å²) in [4.78, 5) is 15.3. The number of benzene rings is 2. The third kappa shape index (κ3) is 3.99. The molecule has 2 heterocycles. The second-order valence-electron chi connectivity index (χ2n) is 9.44. The number of anilines is 1. The van der Waals surface area contributed by atoms with E-state index in [0.29, 0.717) is 23.2 Å². The van der Waals surface area contributed by atoms with Crippen molar-refractivity contribution in [3.8, 4) is 17.2 Å². The Kier molecular flexibility index (Phi) is 6.40. The average molecular weight is 463 g/mol. The number of likely N-dealkylation sites (tertiary alicyclic amines) is 1. The second-order valence-corrected chi connectivity index (χ2v) is 9.44. The number of nitrogens with zero attached hydrogens (tertiary/aromatic N) is 1. The van der Waals surface area contributed by atoms with E-state index in [0.717, 1.165) is 49.2 Å². The van der Waals surface area contributed by atoms with Gasteiger partial charge in [-0.25, -0.2) is 0 Å². The Bertz CT molecular complexity index is 1060. The van der Waals surface area contributed by atoms with Crippen LogP contribution in [0.25, 0.3) is 0 Å². The van der Waals surface area contributed by atoms with E-state index in [2.05, 4.69) is 29.6 Å². The number of hydrogen-bond donors (Lipinski definition) is 1. The van der Waals surface area contributed by atoms with Crippen molar-refractivity contribution in [2.75, 3.05) is 39.7 Å². The van der Waals surface area contributed by atoms with Gasteiger partial charge in [0, 0.05) is 30.3 Å². The van der Waals surface area contributed by atoms with Crippen molar-refractivity contribution < 1.29 is 19.0 Å². The lowest BCUT2D eigenvalue weighted by Gasteiger charge is -2.38. The van der Waals surface area contributed by atoms with E-state index in [-0.39, 0.29) is 17.9 Å². The monoisotopic (exact) mass is 462 g/mol. The van der Waals surface area contributed by atoms with Gasteiger partial charge < -0.3 is 24.4 Å². The number of nitrogens with one attached hydrogen (secondary N) is 1. The molecule has 2 aromatic carbocycles. The molecule has 0 saturated carbocycles. The predicted octanol–water partition coefficient (Wildman–Crippen LogP) is 5.56. The molecule has 2 aliphatic heterocycles. The lowest BCUT2D eigenvalue weighted by molar-refractivity contribution is 0.0761. The van der Waals surface area contributed by atoms with Gasteiger partial charge >= 0.3 is 0 Å². The minimum Gasteiger partial charge on any atom is -0.493 e. The van der Waals surface area contributed by atoms with Crippen LogP contribution in [0.5, 0.6) is 17.2 Å². The van der Waals surface area contributed by atoms with Gasteiger partial charge in [0.1, 0.15) is 0 Å². The molecule has 1 saturated heterocycles. The zero-order valence-corrected chi connectivity index (χ0v) is 20.3. The number of amides is 1. The van der Waals surface area contributed by atoms with Gasteiger partial charge in [-0.3, -0.25) is 4.79 Å². The molecule has 6 heteroatoms. The van der Waals surface area contributed by atoms with E-state index in [4.69, 9.17) is 14.2 Å². The Morgan fingerprint density at radius 1 is 0.941 bits per heavy atom. The number of carbonyl (C=O) groups excluding carboxylic acids is 1. The highest BCUT2D eigenvalue weighted by Crippen LogP contribution is 2.51. The van der Waals surface area contributed by atoms with Crippen LogP contribution in [0.4, 0.5) is 5.69 Å². The molecule has 2 aromatic rings. The maximum Gasteiger partial charge on any atom is 0.253 e. The van der Waals surface area contributed by atoms with Crippen LogP contribution in [0, 0.1) is 5.92 Å². The molecule has 5 rings (SSSR count). The van der Waals surface area contributed by atoms with E-state index < -0.39 is 0 Å². The van der Waals surface area contributed by atoms with Crippen LogP contribution in [0.3, 0.4) is 0 Å². The molecule has 1 aliphatic carbocycles. The normalized spacial score (nSPS) is 23.4. The fourth-order valence-electron chi connectivity index (χ4n) is 5.79. The van der Waals surface area contributed by atoms with E-state index in [1.807, 2.05) is 23.1 Å². The highest BCUT2D eigenvalue weighted by Gasteiger charge is 2.39. The van der Waals surface area contributed by atoms with Crippen molar-refractivity contribution in [2.45, 2.75) is 44.1 Å². The molecule has 0 radical (unpaired) electrons. The van der Waals surface area contributed by atoms with Gasteiger partial charge in [-0.05, 0) is 66.6 Å². The minimum absolute atomic E-state index is 0.0911. The largest absolute Gasteiger partial charge is 0.493 e. The summed E-state index contributed by atoms with van der Waals surface area (Å²) in [6.45, 7) is 1.73. The number of ether oxygens (including phenoxy) is 3. The Morgan fingerprint density at radius 2 is 1.65 bits per heavy atom. The Labute approximate surface area is 201 Å². The molecule has 6 nitrogen and oxygen atoms in total. The molecule has 1 amide bonds. The number of fused-ring (bicyclic) bond motifs is 3. The van der Waals surface area contributed by atoms with Crippen LogP contribution < -0.4 is 19.5 Å². The summed E-state index contributed by atoms with van der Waals surface area (Å²) >= 11 is 0. The predicted molar refractivity (Wildman–Crippen MR) is 133 cm³/mol. The number of allylic oxidation sites excluding steroid dienone is 2. The van der Waals surface area contributed by atoms with E-state index in [1.165, 1.54) is 18.4 Å². The average Bonchev–Trinajstić information content (AvgIpc) is 3.22. The zero-order valence-electron chi connectivity index (χ0n) is 20.3. The third-order valence-electron chi connectivity index (χ3n) is 7.55. The summed E-state index contributed by atoms with van der Waals surface area (Å²) in [6, 6.07) is 10.3. The fraction of sp³-hybridized carbons (Fsp3) is 0.464. The van der Waals surface area contributed by atoms with E-state index in [9.17, 15) is 4.79 Å². The summed E-state index contributed by atoms with van der Waals surface area (Å²) < 4.78 is 16.7. The third-order valence-corrected chi connectivity index (χ3v) is 7.55. The Hall–Kier alpha value is -3.15. The topological polar surface area (TPSA) is 60.0 Å². The molecular weight excluding hydrogens is 428 g/mol. The van der Waals surface area contributed by atoms with Crippen molar-refractivity contribution in [1.29, 1.82) is 0 Å². The summed E-state index contributed by atoms with van der Waals surface area (Å²) in [5.74, 6) is 2.68. The first kappa shape index (κ1) is 22.6. The molecular formula is C28H34N2O4. The fourth-order valence-corrected chi connectivity index (χ4v) is 5.79. The first-order chi connectivity index (χ1) is 16.6. The zero-order chi connectivity index (χ0) is 23.7. The second kappa shape index (κ2) is 9.61. The van der Waals surface area contributed by atoms with Crippen LogP contribution >= 0.6 is 0 Å². The van der Waals surface area contributed by atoms with Crippen molar-refractivity contribution in [3.05, 3.63) is 59.2 Å². The molecule has 3 aliphatic rings. The quantitative estimate of drug-likeness (QED) is 0.590. The molecule has 3 atom stereocenters. The lowest BCUT2D eigenvalue weighted by Crippen LogP contribution is -2.33. The molecule has 0 aromatic heterocycles. The van der Waals surface area contributed by atoms with Crippen molar-refractivity contribution >= 4 is 11.6 Å². The highest BCUT2D eigenvalue weighted by atomic mass is 16.5. The van der Waals surface area contributed by atoms with Crippen LogP contribution in [0.15, 0.2) is 42.5 Å². The van der Waals surface area contributed by atoms with Gasteiger partial charge in [0.25, 0.3) is 5.91 Å². The summed E-state index contributed by atoms with van der Waals surface area (Å²) in [6.07, 6.45) is 10.2. The standard InChI is InChI=1S/C28H34N2O4/c1-32-24-16-19(17-25(33-2)27(24)34-3)26-21-10-8-9-20(21)22-15-18(11-12-23(22)29-26)28(31)30-13-6-4-5-7-14-30/h8-9,11-12,15-17,20-21,26,29H,4-7,10,13-14H2,1-3H3. The number of carbonyl (C=O) groups is 1. The first-order valence-corrected chi connectivity index (χ1v) is 12.3. The van der Waals surface area contributed by atoms with Gasteiger partial charge in [0.2, 0.25) is 5.75 Å². The number of hydrogen-bond acceptors (Lipinski definition) is 5. The Balaban J connectivity index is 1.48. The van der Waals surface area contributed by atoms with Crippen molar-refractivity contribution in [2.24, 2.45) is 5.92 Å². The lowest BCUT2D eigenvalue weighted by atomic mass is 9.76. The van der Waals surface area contributed by atoms with Gasteiger partial charge in [0.05, 0.1) is 27.4 Å². The van der Waals surface area contributed by atoms with Gasteiger partial charge in [0.15, 0.2) is 11.5 Å². The van der Waals surface area contributed by atoms with E-state index in [1.54, 1.807) is 21.3 Å². The smallest absolute Gasteiger partial charge is 0.253 e. The first-order valence-electron chi connectivity index (χ1n) is 12.3. The van der Waals surface area contributed by atoms with Gasteiger partial charge in [-0.15, -0.1) is 0 Å². The molecule has 34 heavy (non-hydrogen) atoms. The van der Waals surface area contributed by atoms with E-state index >= 15 is 0 Å². The van der Waals surface area contributed by atoms with Gasteiger partial charge in [-0.1, -0.05) is 25.0 Å². The Morgan fingerprint density at radius 3 is 2.29 bits per heavy atom. The molecule has 3 unspecified atom stereocenters.